The molecule has 2 aromatic carbocycles. The van der Waals surface area contributed by atoms with Crippen LogP contribution in [0.4, 0.5) is 4.39 Å². The van der Waals surface area contributed by atoms with Crippen LogP contribution < -0.4 is 5.32 Å². The van der Waals surface area contributed by atoms with Crippen LogP contribution in [0.5, 0.6) is 0 Å². The fourth-order valence-corrected chi connectivity index (χ4v) is 5.30. The molecule has 146 valence electrons. The zero-order valence-corrected chi connectivity index (χ0v) is 16.6. The van der Waals surface area contributed by atoms with Gasteiger partial charge in [0.1, 0.15) is 5.82 Å². The van der Waals surface area contributed by atoms with Crippen molar-refractivity contribution in [2.45, 2.75) is 43.2 Å². The second kappa shape index (κ2) is 7.95. The molecule has 2 heterocycles. The summed E-state index contributed by atoms with van der Waals surface area (Å²) in [5.41, 5.74) is 3.08. The van der Waals surface area contributed by atoms with Gasteiger partial charge in [-0.05, 0) is 47.7 Å². The molecular formula is C22H23FN2O2S. The molecule has 2 atom stereocenters. The number of nitrogens with zero attached hydrogens (tertiary/aromatic N) is 1. The Morgan fingerprint density at radius 2 is 2.04 bits per heavy atom. The van der Waals surface area contributed by atoms with E-state index in [4.69, 9.17) is 0 Å². The third kappa shape index (κ3) is 3.78. The van der Waals surface area contributed by atoms with Crippen molar-refractivity contribution in [2.75, 3.05) is 12.3 Å². The third-order valence-corrected chi connectivity index (χ3v) is 6.66. The van der Waals surface area contributed by atoms with Gasteiger partial charge in [0.2, 0.25) is 11.8 Å². The molecule has 6 heteroatoms. The van der Waals surface area contributed by atoms with Gasteiger partial charge < -0.3 is 10.2 Å². The number of nitrogens with one attached hydrogen (secondary N) is 1. The van der Waals surface area contributed by atoms with E-state index in [9.17, 15) is 14.0 Å². The molecule has 0 bridgehead atoms. The summed E-state index contributed by atoms with van der Waals surface area (Å²) >= 11 is 1.69. The number of carbonyl (C=O) groups excluding carboxylic acids is 2. The Labute approximate surface area is 168 Å². The molecule has 2 aliphatic rings. The first-order valence-electron chi connectivity index (χ1n) is 9.59. The number of halogens is 1. The molecule has 0 saturated heterocycles. The van der Waals surface area contributed by atoms with E-state index in [1.54, 1.807) is 29.7 Å². The Bertz CT molecular complexity index is 917. The van der Waals surface area contributed by atoms with Crippen molar-refractivity contribution < 1.29 is 14.0 Å². The highest BCUT2D eigenvalue weighted by Crippen LogP contribution is 2.37. The molecule has 4 nitrogen and oxygen atoms in total. The normalized spacial score (nSPS) is 20.9. The van der Waals surface area contributed by atoms with E-state index in [1.165, 1.54) is 17.7 Å². The maximum Gasteiger partial charge on any atom is 0.222 e. The van der Waals surface area contributed by atoms with Crippen molar-refractivity contribution in [3.8, 4) is 0 Å². The highest BCUT2D eigenvalue weighted by Gasteiger charge is 2.31. The van der Waals surface area contributed by atoms with Gasteiger partial charge in [-0.3, -0.25) is 9.59 Å². The molecule has 2 aliphatic heterocycles. The van der Waals surface area contributed by atoms with Crippen molar-refractivity contribution in [3.63, 3.8) is 0 Å². The van der Waals surface area contributed by atoms with Crippen LogP contribution in [0, 0.1) is 5.82 Å². The summed E-state index contributed by atoms with van der Waals surface area (Å²) < 4.78 is 13.7. The van der Waals surface area contributed by atoms with Gasteiger partial charge in [0.15, 0.2) is 0 Å². The summed E-state index contributed by atoms with van der Waals surface area (Å²) in [5.74, 6) is 0.466. The van der Waals surface area contributed by atoms with Crippen molar-refractivity contribution >= 4 is 23.6 Å². The molecule has 0 aromatic heterocycles. The molecule has 28 heavy (non-hydrogen) atoms. The number of carbonyl (C=O) groups is 2. The smallest absolute Gasteiger partial charge is 0.222 e. The van der Waals surface area contributed by atoms with Gasteiger partial charge in [0.25, 0.3) is 0 Å². The molecule has 0 saturated carbocycles. The summed E-state index contributed by atoms with van der Waals surface area (Å²) in [6, 6.07) is 12.3. The minimum atomic E-state index is -0.288. The lowest BCUT2D eigenvalue weighted by Gasteiger charge is -2.37. The molecular weight excluding hydrogens is 375 g/mol. The maximum atomic E-state index is 13.7. The van der Waals surface area contributed by atoms with Crippen LogP contribution in [0.15, 0.2) is 47.4 Å². The van der Waals surface area contributed by atoms with E-state index >= 15 is 0 Å². The lowest BCUT2D eigenvalue weighted by molar-refractivity contribution is -0.133. The molecule has 1 N–H and O–H groups in total. The predicted octanol–water partition coefficient (Wildman–Crippen LogP) is 4.01. The average Bonchev–Trinajstić information content (AvgIpc) is 2.68. The van der Waals surface area contributed by atoms with E-state index in [0.29, 0.717) is 6.54 Å². The second-order valence-corrected chi connectivity index (χ2v) is 8.46. The van der Waals surface area contributed by atoms with Gasteiger partial charge in [0.05, 0.1) is 18.5 Å². The zero-order chi connectivity index (χ0) is 19.7. The number of benzene rings is 2. The standard InChI is InChI=1S/C22H23FN2O2S/c1-14(26)25-10-8-15-4-2-3-5-17(15)20(25)13-22(27)24-19-9-11-28-21-7-6-16(23)12-18(19)21/h2-7,12,19-20H,8-11,13H2,1H3,(H,24,27). The molecule has 4 rings (SSSR count). The van der Waals surface area contributed by atoms with Gasteiger partial charge in [-0.15, -0.1) is 11.8 Å². The first kappa shape index (κ1) is 19.0. The van der Waals surface area contributed by atoms with Gasteiger partial charge in [-0.1, -0.05) is 24.3 Å². The molecule has 0 radical (unpaired) electrons. The van der Waals surface area contributed by atoms with Crippen molar-refractivity contribution in [2.24, 2.45) is 0 Å². The highest BCUT2D eigenvalue weighted by molar-refractivity contribution is 7.99. The van der Waals surface area contributed by atoms with E-state index in [0.717, 1.165) is 34.6 Å². The van der Waals surface area contributed by atoms with Crippen LogP contribution in [0.3, 0.4) is 0 Å². The lowest BCUT2D eigenvalue weighted by atomic mass is 9.90. The number of amides is 2. The van der Waals surface area contributed by atoms with E-state index < -0.39 is 0 Å². The molecule has 0 spiro atoms. The SMILES string of the molecule is CC(=O)N1CCc2ccccc2C1CC(=O)NC1CCSc2ccc(F)cc21. The topological polar surface area (TPSA) is 49.4 Å². The van der Waals surface area contributed by atoms with Crippen LogP contribution in [-0.4, -0.2) is 29.0 Å². The maximum absolute atomic E-state index is 13.7. The number of hydrogen-bond donors (Lipinski definition) is 1. The van der Waals surface area contributed by atoms with Crippen LogP contribution in [-0.2, 0) is 16.0 Å². The average molecular weight is 399 g/mol. The fraction of sp³-hybridized carbons (Fsp3) is 0.364. The van der Waals surface area contributed by atoms with E-state index in [1.807, 2.05) is 18.2 Å². The minimum absolute atomic E-state index is 0.0196. The Balaban J connectivity index is 1.54. The zero-order valence-electron chi connectivity index (χ0n) is 15.8. The summed E-state index contributed by atoms with van der Waals surface area (Å²) in [6.45, 7) is 2.18. The van der Waals surface area contributed by atoms with E-state index in [2.05, 4.69) is 11.4 Å². The Morgan fingerprint density at radius 3 is 2.86 bits per heavy atom. The van der Waals surface area contributed by atoms with Crippen molar-refractivity contribution in [1.82, 2.24) is 10.2 Å². The van der Waals surface area contributed by atoms with Crippen molar-refractivity contribution in [1.29, 1.82) is 0 Å². The number of thioether (sulfide) groups is 1. The summed E-state index contributed by atoms with van der Waals surface area (Å²) in [5, 5.41) is 3.08. The monoisotopic (exact) mass is 398 g/mol. The van der Waals surface area contributed by atoms with Gasteiger partial charge in [0, 0.05) is 24.1 Å². The second-order valence-electron chi connectivity index (χ2n) is 7.32. The number of fused-ring (bicyclic) bond motifs is 2. The summed E-state index contributed by atoms with van der Waals surface area (Å²) in [7, 11) is 0. The van der Waals surface area contributed by atoms with E-state index in [-0.39, 0.29) is 36.1 Å². The predicted molar refractivity (Wildman–Crippen MR) is 108 cm³/mol. The number of rotatable bonds is 3. The highest BCUT2D eigenvalue weighted by atomic mass is 32.2. The van der Waals surface area contributed by atoms with Gasteiger partial charge in [-0.25, -0.2) is 4.39 Å². The Hall–Kier alpha value is -2.34. The molecule has 0 aliphatic carbocycles. The molecule has 2 unspecified atom stereocenters. The molecule has 2 amide bonds. The first-order chi connectivity index (χ1) is 13.5. The minimum Gasteiger partial charge on any atom is -0.349 e. The number of hydrogen-bond acceptors (Lipinski definition) is 3. The Kier molecular flexibility index (Phi) is 5.40. The lowest BCUT2D eigenvalue weighted by Crippen LogP contribution is -2.41. The largest absolute Gasteiger partial charge is 0.349 e. The van der Waals surface area contributed by atoms with Crippen LogP contribution >= 0.6 is 11.8 Å². The quantitative estimate of drug-likeness (QED) is 0.850. The summed E-state index contributed by atoms with van der Waals surface area (Å²) in [4.78, 5) is 27.8. The van der Waals surface area contributed by atoms with Crippen LogP contribution in [0.2, 0.25) is 0 Å². The third-order valence-electron chi connectivity index (χ3n) is 5.54. The molecule has 2 aromatic rings. The summed E-state index contributed by atoms with van der Waals surface area (Å²) in [6.07, 6.45) is 1.79. The van der Waals surface area contributed by atoms with Crippen LogP contribution in [0.1, 0.15) is 48.5 Å². The molecule has 0 fully saturated rings. The van der Waals surface area contributed by atoms with Crippen LogP contribution in [0.25, 0.3) is 0 Å². The van der Waals surface area contributed by atoms with Gasteiger partial charge in [-0.2, -0.15) is 0 Å². The Morgan fingerprint density at radius 1 is 1.21 bits per heavy atom. The fourth-order valence-electron chi connectivity index (χ4n) is 4.19. The van der Waals surface area contributed by atoms with Gasteiger partial charge >= 0.3 is 0 Å². The first-order valence-corrected chi connectivity index (χ1v) is 10.6. The van der Waals surface area contributed by atoms with Crippen molar-refractivity contribution in [3.05, 3.63) is 65.0 Å².